The third-order valence-electron chi connectivity index (χ3n) is 3.30. The SMILES string of the molecule is S=c1nc2ccccc2c2nc(-c3cccc(Cl)c3)[nH]n12. The molecule has 21 heavy (non-hydrogen) atoms. The van der Waals surface area contributed by atoms with Crippen molar-refractivity contribution in [3.05, 3.63) is 58.3 Å². The zero-order valence-electron chi connectivity index (χ0n) is 10.7. The number of aromatic amines is 1. The second-order valence-corrected chi connectivity index (χ2v) is 5.45. The first-order valence-corrected chi connectivity index (χ1v) is 7.14. The quantitative estimate of drug-likeness (QED) is 0.534. The number of hydrogen-bond acceptors (Lipinski definition) is 3. The van der Waals surface area contributed by atoms with E-state index < -0.39 is 0 Å². The first-order chi connectivity index (χ1) is 10.2. The summed E-state index contributed by atoms with van der Waals surface area (Å²) in [7, 11) is 0. The van der Waals surface area contributed by atoms with Crippen molar-refractivity contribution in [3.63, 3.8) is 0 Å². The predicted molar refractivity (Wildman–Crippen MR) is 86.1 cm³/mol. The summed E-state index contributed by atoms with van der Waals surface area (Å²) in [6, 6.07) is 15.3. The van der Waals surface area contributed by atoms with Gasteiger partial charge in [-0.25, -0.2) is 14.5 Å². The molecule has 0 aliphatic heterocycles. The molecule has 0 fully saturated rings. The van der Waals surface area contributed by atoms with Crippen molar-refractivity contribution < 1.29 is 0 Å². The standard InChI is InChI=1S/C15H9ClN4S/c16-10-5-3-4-9(8-10)13-18-14-11-6-1-2-7-12(11)17-15(21)20(14)19-13/h1-8H,(H,18,19). The van der Waals surface area contributed by atoms with Crippen LogP contribution in [0.25, 0.3) is 27.9 Å². The van der Waals surface area contributed by atoms with E-state index >= 15 is 0 Å². The van der Waals surface area contributed by atoms with Crippen LogP contribution in [0.15, 0.2) is 48.5 Å². The maximum atomic E-state index is 6.04. The molecule has 0 spiro atoms. The van der Waals surface area contributed by atoms with Gasteiger partial charge in [0.1, 0.15) is 0 Å². The molecule has 2 heterocycles. The number of H-pyrrole nitrogens is 1. The van der Waals surface area contributed by atoms with Crippen molar-refractivity contribution in [1.82, 2.24) is 19.6 Å². The lowest BCUT2D eigenvalue weighted by Crippen LogP contribution is -1.94. The van der Waals surface area contributed by atoms with Gasteiger partial charge >= 0.3 is 0 Å². The molecule has 0 aliphatic rings. The molecule has 1 N–H and O–H groups in total. The Morgan fingerprint density at radius 1 is 1.05 bits per heavy atom. The summed E-state index contributed by atoms with van der Waals surface area (Å²) in [6.45, 7) is 0. The van der Waals surface area contributed by atoms with Gasteiger partial charge in [-0.2, -0.15) is 0 Å². The summed E-state index contributed by atoms with van der Waals surface area (Å²) >= 11 is 11.4. The Balaban J connectivity index is 2.08. The molecule has 4 nitrogen and oxygen atoms in total. The number of aromatic nitrogens is 4. The van der Waals surface area contributed by atoms with Gasteiger partial charge in [-0.15, -0.1) is 0 Å². The summed E-state index contributed by atoms with van der Waals surface area (Å²) in [6.07, 6.45) is 0. The van der Waals surface area contributed by atoms with Crippen LogP contribution in [0.1, 0.15) is 0 Å². The summed E-state index contributed by atoms with van der Waals surface area (Å²) in [5.74, 6) is 0.710. The Kier molecular flexibility index (Phi) is 2.77. The summed E-state index contributed by atoms with van der Waals surface area (Å²) in [5, 5.41) is 4.80. The smallest absolute Gasteiger partial charge is 0.221 e. The van der Waals surface area contributed by atoms with E-state index in [1.54, 1.807) is 4.52 Å². The summed E-state index contributed by atoms with van der Waals surface area (Å²) < 4.78 is 2.16. The third-order valence-corrected chi connectivity index (χ3v) is 3.81. The highest BCUT2D eigenvalue weighted by Crippen LogP contribution is 2.23. The van der Waals surface area contributed by atoms with Crippen molar-refractivity contribution in [2.75, 3.05) is 0 Å². The molecular formula is C15H9ClN4S. The third kappa shape index (κ3) is 2.02. The van der Waals surface area contributed by atoms with E-state index in [1.807, 2.05) is 48.5 Å². The van der Waals surface area contributed by atoms with Crippen LogP contribution in [0.4, 0.5) is 0 Å². The average molecular weight is 313 g/mol. The van der Waals surface area contributed by atoms with Crippen LogP contribution in [0, 0.1) is 4.77 Å². The van der Waals surface area contributed by atoms with E-state index in [0.717, 1.165) is 22.1 Å². The summed E-state index contributed by atoms with van der Waals surface area (Å²) in [5.41, 5.74) is 2.51. The van der Waals surface area contributed by atoms with Gasteiger partial charge in [0.2, 0.25) is 4.77 Å². The van der Waals surface area contributed by atoms with Crippen LogP contribution >= 0.6 is 23.8 Å². The van der Waals surface area contributed by atoms with Crippen LogP contribution in [-0.2, 0) is 0 Å². The van der Waals surface area contributed by atoms with Gasteiger partial charge in [-0.3, -0.25) is 5.10 Å². The van der Waals surface area contributed by atoms with Gasteiger partial charge in [-0.05, 0) is 36.5 Å². The van der Waals surface area contributed by atoms with Gasteiger partial charge in [0.05, 0.1) is 5.52 Å². The first kappa shape index (κ1) is 12.5. The minimum absolute atomic E-state index is 0.449. The maximum Gasteiger partial charge on any atom is 0.221 e. The maximum absolute atomic E-state index is 6.04. The normalized spacial score (nSPS) is 11.3. The Labute approximate surface area is 130 Å². The van der Waals surface area contributed by atoms with Gasteiger partial charge < -0.3 is 0 Å². The number of nitrogens with zero attached hydrogens (tertiary/aromatic N) is 3. The van der Waals surface area contributed by atoms with Crippen molar-refractivity contribution in [1.29, 1.82) is 0 Å². The number of rotatable bonds is 1. The van der Waals surface area contributed by atoms with Crippen molar-refractivity contribution in [2.24, 2.45) is 0 Å². The number of benzene rings is 2. The van der Waals surface area contributed by atoms with Crippen LogP contribution < -0.4 is 0 Å². The molecule has 6 heteroatoms. The molecular weight excluding hydrogens is 304 g/mol. The fraction of sp³-hybridized carbons (Fsp3) is 0. The van der Waals surface area contributed by atoms with Gasteiger partial charge in [0.15, 0.2) is 11.5 Å². The fourth-order valence-electron chi connectivity index (χ4n) is 2.34. The summed E-state index contributed by atoms with van der Waals surface area (Å²) in [4.78, 5) is 9.06. The zero-order chi connectivity index (χ0) is 14.4. The van der Waals surface area contributed by atoms with E-state index in [0.29, 0.717) is 15.6 Å². The zero-order valence-corrected chi connectivity index (χ0v) is 12.3. The molecule has 0 aliphatic carbocycles. The van der Waals surface area contributed by atoms with E-state index in [-0.39, 0.29) is 0 Å². The molecule has 0 saturated heterocycles. The molecule has 0 radical (unpaired) electrons. The predicted octanol–water partition coefficient (Wildman–Crippen LogP) is 4.26. The Bertz CT molecular complexity index is 1030. The van der Waals surface area contributed by atoms with E-state index in [1.165, 1.54) is 0 Å². The number of halogens is 1. The van der Waals surface area contributed by atoms with E-state index in [9.17, 15) is 0 Å². The van der Waals surface area contributed by atoms with Crippen molar-refractivity contribution in [3.8, 4) is 11.4 Å². The molecule has 0 atom stereocenters. The number of para-hydroxylation sites is 1. The minimum Gasteiger partial charge on any atom is -0.273 e. The van der Waals surface area contributed by atoms with Gasteiger partial charge in [0.25, 0.3) is 0 Å². The fourth-order valence-corrected chi connectivity index (χ4v) is 2.76. The lowest BCUT2D eigenvalue weighted by Gasteiger charge is -1.98. The lowest BCUT2D eigenvalue weighted by molar-refractivity contribution is 0.918. The minimum atomic E-state index is 0.449. The highest BCUT2D eigenvalue weighted by atomic mass is 35.5. The molecule has 2 aromatic carbocycles. The second kappa shape index (κ2) is 4.65. The monoisotopic (exact) mass is 312 g/mol. The van der Waals surface area contributed by atoms with Gasteiger partial charge in [0, 0.05) is 16.0 Å². The highest BCUT2D eigenvalue weighted by Gasteiger charge is 2.10. The Morgan fingerprint density at radius 3 is 2.76 bits per heavy atom. The van der Waals surface area contributed by atoms with Gasteiger partial charge in [-0.1, -0.05) is 35.9 Å². The Morgan fingerprint density at radius 2 is 1.90 bits per heavy atom. The van der Waals surface area contributed by atoms with Crippen molar-refractivity contribution in [2.45, 2.75) is 0 Å². The molecule has 0 unspecified atom stereocenters. The molecule has 0 bridgehead atoms. The number of hydrogen-bond donors (Lipinski definition) is 1. The van der Waals surface area contributed by atoms with Crippen LogP contribution in [0.2, 0.25) is 5.02 Å². The first-order valence-electron chi connectivity index (χ1n) is 6.36. The molecule has 102 valence electrons. The second-order valence-electron chi connectivity index (χ2n) is 4.65. The molecule has 0 amide bonds. The van der Waals surface area contributed by atoms with E-state index in [4.69, 9.17) is 23.8 Å². The van der Waals surface area contributed by atoms with Crippen LogP contribution in [-0.4, -0.2) is 19.6 Å². The number of nitrogens with one attached hydrogen (secondary N) is 1. The van der Waals surface area contributed by atoms with Crippen molar-refractivity contribution >= 4 is 40.4 Å². The average Bonchev–Trinajstić information content (AvgIpc) is 2.93. The lowest BCUT2D eigenvalue weighted by atomic mass is 10.2. The van der Waals surface area contributed by atoms with Crippen LogP contribution in [0.5, 0.6) is 0 Å². The Hall–Kier alpha value is -2.24. The van der Waals surface area contributed by atoms with Crippen LogP contribution in [0.3, 0.4) is 0 Å². The highest BCUT2D eigenvalue weighted by molar-refractivity contribution is 7.71. The topological polar surface area (TPSA) is 46.0 Å². The molecule has 4 aromatic rings. The molecule has 0 saturated carbocycles. The largest absolute Gasteiger partial charge is 0.273 e. The molecule has 2 aromatic heterocycles. The van der Waals surface area contributed by atoms with E-state index in [2.05, 4.69) is 15.1 Å². The number of fused-ring (bicyclic) bond motifs is 3. The molecule has 4 rings (SSSR count).